The molecule has 5 aromatic heterocycles. The maximum Gasteiger partial charge on any atom is 0.491 e. The maximum absolute atomic E-state index is 14.3. The Bertz CT molecular complexity index is 5240. The highest BCUT2D eigenvalue weighted by atomic mass is 79.9. The number of carboxylic acids is 1. The highest BCUT2D eigenvalue weighted by Crippen LogP contribution is 2.40. The number of nitrogens with zero attached hydrogens (tertiary/aromatic N) is 11. The van der Waals surface area contributed by atoms with Gasteiger partial charge in [0.1, 0.15) is 50.5 Å². The fraction of sp³-hybridized carbons (Fsp3) is 0.408. The van der Waals surface area contributed by atoms with Crippen LogP contribution in [-0.4, -0.2) is 255 Å². The number of carboxylic acid groups (broad SMARTS) is 1. The van der Waals surface area contributed by atoms with Gasteiger partial charge in [-0.15, -0.1) is 0 Å². The second-order valence-electron chi connectivity index (χ2n) is 34.0. The third kappa shape index (κ3) is 25.9. The van der Waals surface area contributed by atoms with Crippen molar-refractivity contribution in [2.75, 3.05) is 147 Å². The average Bonchev–Trinajstić information content (AvgIpc) is 1.63. The van der Waals surface area contributed by atoms with Crippen molar-refractivity contribution in [3.63, 3.8) is 0 Å². The maximum atomic E-state index is 14.3. The van der Waals surface area contributed by atoms with Crippen LogP contribution in [0.25, 0.3) is 22.3 Å². The molecule has 4 fully saturated rings. The molecule has 0 unspecified atom stereocenters. The Morgan fingerprint density at radius 2 is 0.778 bits per heavy atom. The fourth-order valence-electron chi connectivity index (χ4n) is 16.5. The summed E-state index contributed by atoms with van der Waals surface area (Å²) in [6.45, 7) is 27.7. The number of hydrogen-bond acceptors (Lipinski definition) is 20. The Labute approximate surface area is 748 Å². The van der Waals surface area contributed by atoms with Crippen LogP contribution in [-0.2, 0) is 18.8 Å². The summed E-state index contributed by atoms with van der Waals surface area (Å²) in [7, 11) is 10.8. The van der Waals surface area contributed by atoms with Crippen molar-refractivity contribution in [1.29, 1.82) is 0 Å². The molecule has 0 atom stereocenters. The van der Waals surface area contributed by atoms with Gasteiger partial charge in [0.05, 0.1) is 48.2 Å². The number of amides is 2. The molecule has 3 N–H and O–H groups in total. The number of carbonyl (C=O) groups is 5. The highest BCUT2D eigenvalue weighted by Gasteiger charge is 2.53. The number of nitrogens with one attached hydrogen (secondary N) is 2. The van der Waals surface area contributed by atoms with Gasteiger partial charge in [0.15, 0.2) is 0 Å². The predicted octanol–water partition coefficient (Wildman–Crippen LogP) is 15.4. The Morgan fingerprint density at radius 1 is 0.437 bits per heavy atom. The van der Waals surface area contributed by atoms with E-state index in [0.29, 0.717) is 59.5 Å². The van der Waals surface area contributed by atoms with Gasteiger partial charge in [-0.05, 0) is 302 Å². The molecule has 666 valence electrons. The standard InChI is InChI=1S/C23H26FN3O.C22H24FN3O.C12H16FN.C12H14N2O2.C11H20BNO2.C11H12N2O2.C7H6BrNO2/c1-16-5-3-6-19(24)22(16)17-10-13-27(14-11-17)23(28)21-8-4-7-20(25-21)18-9-12-26(2)15-18;1-15-4-2-5-18(23)21(15)16-9-12-26(13-10-16)22(27)20-7-3-6-19(25-20)17-8-11-24-14-17;1-9-3-2-4-11(13)12(9)10-5-7-14-8-6-10;1-14-7-6-9(8-14)10-4-3-5-11(13-10)12(15)16-2;1-10(2)11(3,4)15-12(14-10)9-6-7-13(5)8-9;1-13-6-5-8(7-13)9-3-2-4-10(12-9)11(14)15;1-11-7(10)5-3-2-4-6(8)9-5/h3-9,17H,10-15H2,1-2H3;2-8,16,24H,9-14H2,1H3;2-4,10,14H,5-8H2,1H3;3-6H,7-8H2,1-2H3;6H,7-8H2,1-5H3;2-5H,6-7H2,1H3,(H,14,15);2-4H,1H3. The molecule has 4 saturated heterocycles. The van der Waals surface area contributed by atoms with Crippen molar-refractivity contribution in [2.24, 2.45) is 0 Å². The number of ether oxygens (including phenoxy) is 2. The lowest BCUT2D eigenvalue weighted by Gasteiger charge is -2.32. The number of rotatable bonds is 13. The van der Waals surface area contributed by atoms with Gasteiger partial charge in [-0.1, -0.05) is 97.1 Å². The zero-order valence-corrected chi connectivity index (χ0v) is 76.2. The van der Waals surface area contributed by atoms with Crippen molar-refractivity contribution < 1.29 is 61.0 Å². The van der Waals surface area contributed by atoms with E-state index in [9.17, 15) is 37.1 Å². The number of aromatic carboxylic acids is 1. The minimum atomic E-state index is -0.983. The number of esters is 2. The van der Waals surface area contributed by atoms with Crippen LogP contribution >= 0.6 is 15.9 Å². The number of aromatic nitrogens is 5. The molecular formula is C98H118BBrF3N13O10. The van der Waals surface area contributed by atoms with Crippen molar-refractivity contribution in [2.45, 2.75) is 116 Å². The highest BCUT2D eigenvalue weighted by molar-refractivity contribution is 9.10. The molecule has 9 aliphatic rings. The van der Waals surface area contributed by atoms with Crippen LogP contribution in [0.15, 0.2) is 186 Å². The van der Waals surface area contributed by atoms with E-state index in [2.05, 4.69) is 153 Å². The lowest BCUT2D eigenvalue weighted by atomic mass is 9.79. The van der Waals surface area contributed by atoms with Gasteiger partial charge in [-0.2, -0.15) is 0 Å². The van der Waals surface area contributed by atoms with Gasteiger partial charge in [0.2, 0.25) is 0 Å². The summed E-state index contributed by atoms with van der Waals surface area (Å²) in [6, 6.07) is 42.7. The van der Waals surface area contributed by atoms with Crippen molar-refractivity contribution in [3.8, 4) is 0 Å². The molecule has 0 bridgehead atoms. The van der Waals surface area contributed by atoms with Crippen LogP contribution in [0.5, 0.6) is 0 Å². The summed E-state index contributed by atoms with van der Waals surface area (Å²) in [4.78, 5) is 92.8. The molecule has 0 aliphatic carbocycles. The van der Waals surface area contributed by atoms with Crippen LogP contribution in [0.3, 0.4) is 0 Å². The smallest absolute Gasteiger partial charge is 0.477 e. The average molecular weight is 1790 g/mol. The minimum Gasteiger partial charge on any atom is -0.477 e. The van der Waals surface area contributed by atoms with Crippen molar-refractivity contribution >= 4 is 75.1 Å². The van der Waals surface area contributed by atoms with Crippen LogP contribution in [0.1, 0.15) is 193 Å². The molecule has 9 aliphatic heterocycles. The first-order valence-electron chi connectivity index (χ1n) is 43.1. The number of pyridine rings is 5. The lowest BCUT2D eigenvalue weighted by molar-refractivity contribution is 0.00578. The van der Waals surface area contributed by atoms with E-state index in [1.807, 2.05) is 105 Å². The molecule has 3 aromatic carbocycles. The molecule has 14 heterocycles. The number of likely N-dealkylation sites (N-methyl/N-ethyl adjacent to an activating group) is 4. The number of methoxy groups -OCH3 is 2. The molecule has 2 amide bonds. The summed E-state index contributed by atoms with van der Waals surface area (Å²) in [6.07, 6.45) is 15.9. The molecule has 8 aromatic rings. The SMILES string of the molecule is CN1CC=C(B2OC(C)(C)C(C)(C)O2)C1.CN1CC=C(c2cccc(C(=O)O)n2)C1.COC(=O)c1cccc(Br)n1.COC(=O)c1cccc(C2=CCN(C)C2)n1.Cc1cccc(F)c1C1CCN(C(=O)c2cccc(C3=CCN(C)C3)n2)CC1.Cc1cccc(F)c1C1CCN(C(=O)c2cccc(C3=CCNC3)n2)CC1.Cc1cccc(F)c1C1CCNCC1. The van der Waals surface area contributed by atoms with Crippen LogP contribution in [0.2, 0.25) is 0 Å². The quantitative estimate of drug-likeness (QED) is 0.0551. The van der Waals surface area contributed by atoms with Gasteiger partial charge in [0, 0.05) is 91.6 Å². The predicted molar refractivity (Wildman–Crippen MR) is 491 cm³/mol. The summed E-state index contributed by atoms with van der Waals surface area (Å²) in [5.41, 5.74) is 16.1. The Morgan fingerprint density at radius 3 is 1.13 bits per heavy atom. The molecule has 28 heteroatoms. The number of halogens is 4. The van der Waals surface area contributed by atoms with Gasteiger partial charge < -0.3 is 44.3 Å². The van der Waals surface area contributed by atoms with Gasteiger partial charge in [-0.3, -0.25) is 29.2 Å². The zero-order chi connectivity index (χ0) is 90.4. The van der Waals surface area contributed by atoms with Crippen LogP contribution in [0, 0.1) is 38.2 Å². The van der Waals surface area contributed by atoms with E-state index in [-0.39, 0.29) is 65.1 Å². The lowest BCUT2D eigenvalue weighted by Crippen LogP contribution is -2.41. The first kappa shape index (κ1) is 96.1. The summed E-state index contributed by atoms with van der Waals surface area (Å²) in [5.74, 6) is -1.41. The summed E-state index contributed by atoms with van der Waals surface area (Å²) >= 11 is 3.14. The topological polar surface area (TPSA) is 250 Å². The monoisotopic (exact) mass is 1780 g/mol. The molecule has 0 spiro atoms. The number of likely N-dealkylation sites (tertiary alicyclic amines) is 2. The van der Waals surface area contributed by atoms with E-state index < -0.39 is 17.9 Å². The first-order chi connectivity index (χ1) is 60.4. The molecule has 17 rings (SSSR count). The summed E-state index contributed by atoms with van der Waals surface area (Å²) < 4.78 is 63.8. The van der Waals surface area contributed by atoms with Crippen LogP contribution < -0.4 is 10.6 Å². The van der Waals surface area contributed by atoms with Crippen molar-refractivity contribution in [1.82, 2.24) is 65.0 Å². The van der Waals surface area contributed by atoms with E-state index in [0.717, 1.165) is 190 Å². The Kier molecular flexibility index (Phi) is 34.5. The second kappa shape index (κ2) is 45.3. The normalized spacial score (nSPS) is 18.3. The van der Waals surface area contributed by atoms with Gasteiger partial charge in [-0.25, -0.2) is 52.5 Å². The first-order valence-corrected chi connectivity index (χ1v) is 43.9. The number of carbonyl (C=O) groups excluding carboxylic acids is 4. The minimum absolute atomic E-state index is 0.0301. The Balaban J connectivity index is 0.000000146. The van der Waals surface area contributed by atoms with Gasteiger partial charge >= 0.3 is 25.0 Å². The number of hydrogen-bond donors (Lipinski definition) is 3. The van der Waals surface area contributed by atoms with Gasteiger partial charge in [0.25, 0.3) is 11.8 Å². The molecule has 126 heavy (non-hydrogen) atoms. The summed E-state index contributed by atoms with van der Waals surface area (Å²) in [5, 5.41) is 15.4. The molecule has 0 saturated carbocycles. The third-order valence-corrected chi connectivity index (χ3v) is 24.6. The Hall–Kier alpha value is -10.5. The fourth-order valence-corrected chi connectivity index (χ4v) is 16.8. The van der Waals surface area contributed by atoms with Crippen LogP contribution in [0.4, 0.5) is 13.2 Å². The second-order valence-corrected chi connectivity index (χ2v) is 34.8. The molecule has 0 radical (unpaired) electrons. The zero-order valence-electron chi connectivity index (χ0n) is 74.7. The van der Waals surface area contributed by atoms with E-state index in [1.54, 1.807) is 66.7 Å². The number of piperidine rings is 3. The van der Waals surface area contributed by atoms with E-state index in [4.69, 9.17) is 14.4 Å². The molecular weight excluding hydrogens is 1670 g/mol. The van der Waals surface area contributed by atoms with Crippen molar-refractivity contribution in [3.05, 3.63) is 288 Å². The van der Waals surface area contributed by atoms with E-state index >= 15 is 0 Å². The van der Waals surface area contributed by atoms with E-state index in [1.165, 1.54) is 43.5 Å². The number of benzene rings is 3. The third-order valence-electron chi connectivity index (χ3n) is 24.2. The largest absolute Gasteiger partial charge is 0.491 e. The number of aryl methyl sites for hydroxylation is 3. The molecule has 23 nitrogen and oxygen atoms in total.